The highest BCUT2D eigenvalue weighted by Crippen LogP contribution is 2.33. The van der Waals surface area contributed by atoms with E-state index in [-0.39, 0.29) is 32.2 Å². The molecule has 28 heavy (non-hydrogen) atoms. The van der Waals surface area contributed by atoms with E-state index in [1.165, 1.54) is 6.07 Å². The van der Waals surface area contributed by atoms with Gasteiger partial charge in [0.25, 0.3) is 5.91 Å². The molecule has 0 atom stereocenters. The highest BCUT2D eigenvalue weighted by atomic mass is 35.5. The number of benzene rings is 2. The van der Waals surface area contributed by atoms with E-state index in [1.54, 1.807) is 0 Å². The number of carbonyl (C=O) groups is 1. The number of amides is 1. The lowest BCUT2D eigenvalue weighted by Crippen LogP contribution is -2.26. The highest BCUT2D eigenvalue weighted by molar-refractivity contribution is 7.89. The maximum absolute atomic E-state index is 12.8. The summed E-state index contributed by atoms with van der Waals surface area (Å²) in [5, 5.41) is 1.97. The molecule has 0 bridgehead atoms. The quantitative estimate of drug-likeness (QED) is 0.689. The summed E-state index contributed by atoms with van der Waals surface area (Å²) in [7, 11) is -3.97. The Morgan fingerprint density at radius 2 is 1.75 bits per heavy atom. The predicted molar refractivity (Wildman–Crippen MR) is 99.2 cm³/mol. The molecule has 0 aliphatic heterocycles. The Kier molecular flexibility index (Phi) is 5.64. The minimum absolute atomic E-state index is 0.119. The number of halogens is 5. The fourth-order valence-electron chi connectivity index (χ4n) is 2.36. The zero-order valence-electron chi connectivity index (χ0n) is 14.0. The zero-order valence-corrected chi connectivity index (χ0v) is 16.3. The number of rotatable bonds is 5. The topological polar surface area (TPSA) is 75.3 Å². The molecule has 1 fully saturated rings. The SMILES string of the molecule is O=C(Nc1cccc(C(F)(F)F)c1)c1cc(S(=O)(=O)NC2CC2)c(Cl)cc1Cl. The van der Waals surface area contributed by atoms with Gasteiger partial charge in [-0.05, 0) is 43.2 Å². The van der Waals surface area contributed by atoms with Gasteiger partial charge in [-0.1, -0.05) is 29.3 Å². The fourth-order valence-corrected chi connectivity index (χ4v) is 4.53. The molecule has 1 aliphatic carbocycles. The van der Waals surface area contributed by atoms with Gasteiger partial charge >= 0.3 is 6.18 Å². The molecule has 0 heterocycles. The lowest BCUT2D eigenvalue weighted by molar-refractivity contribution is -0.137. The monoisotopic (exact) mass is 452 g/mol. The second-order valence-electron chi connectivity index (χ2n) is 6.19. The highest BCUT2D eigenvalue weighted by Gasteiger charge is 2.31. The van der Waals surface area contributed by atoms with Crippen LogP contribution in [-0.4, -0.2) is 20.4 Å². The van der Waals surface area contributed by atoms with Crippen molar-refractivity contribution in [2.75, 3.05) is 5.32 Å². The van der Waals surface area contributed by atoms with Crippen LogP contribution in [0.2, 0.25) is 10.0 Å². The maximum Gasteiger partial charge on any atom is 0.416 e. The average Bonchev–Trinajstić information content (AvgIpc) is 3.37. The molecule has 1 amide bonds. The first kappa shape index (κ1) is 20.9. The molecule has 2 aromatic rings. The Hall–Kier alpha value is -1.81. The van der Waals surface area contributed by atoms with Gasteiger partial charge in [0.05, 0.1) is 21.2 Å². The van der Waals surface area contributed by atoms with E-state index >= 15 is 0 Å². The van der Waals surface area contributed by atoms with E-state index in [0.717, 1.165) is 30.3 Å². The molecule has 0 radical (unpaired) electrons. The summed E-state index contributed by atoms with van der Waals surface area (Å²) in [6.45, 7) is 0. The second kappa shape index (κ2) is 7.55. The Morgan fingerprint density at radius 3 is 2.36 bits per heavy atom. The molecule has 1 saturated carbocycles. The smallest absolute Gasteiger partial charge is 0.322 e. The molecule has 2 N–H and O–H groups in total. The molecule has 5 nitrogen and oxygen atoms in total. The van der Waals surface area contributed by atoms with Gasteiger partial charge in [-0.15, -0.1) is 0 Å². The molecule has 1 aliphatic rings. The van der Waals surface area contributed by atoms with Crippen LogP contribution in [0.25, 0.3) is 0 Å². The third-order valence-electron chi connectivity index (χ3n) is 3.90. The summed E-state index contributed by atoms with van der Waals surface area (Å²) in [5.41, 5.74) is -1.30. The van der Waals surface area contributed by atoms with E-state index in [2.05, 4.69) is 10.0 Å². The second-order valence-corrected chi connectivity index (χ2v) is 8.69. The van der Waals surface area contributed by atoms with Gasteiger partial charge < -0.3 is 5.32 Å². The first-order chi connectivity index (χ1) is 13.0. The predicted octanol–water partition coefficient (Wildman–Crippen LogP) is 4.71. The van der Waals surface area contributed by atoms with Crippen molar-refractivity contribution in [3.8, 4) is 0 Å². The summed E-state index contributed by atoms with van der Waals surface area (Å²) < 4.78 is 65.7. The number of carbonyl (C=O) groups excluding carboxylic acids is 1. The Morgan fingerprint density at radius 1 is 1.07 bits per heavy atom. The molecule has 0 spiro atoms. The standard InChI is InChI=1S/C17H13Cl2F3N2O3S/c18-13-8-14(19)15(28(26,27)24-10-4-5-10)7-12(13)16(25)23-11-3-1-2-9(6-11)17(20,21)22/h1-3,6-8,10,24H,4-5H2,(H,23,25). The normalized spacial score (nSPS) is 14.8. The minimum atomic E-state index is -4.58. The van der Waals surface area contributed by atoms with E-state index in [4.69, 9.17) is 23.2 Å². The summed E-state index contributed by atoms with van der Waals surface area (Å²) in [5.74, 6) is -0.871. The largest absolute Gasteiger partial charge is 0.416 e. The third-order valence-corrected chi connectivity index (χ3v) is 6.20. The van der Waals surface area contributed by atoms with Crippen molar-refractivity contribution in [2.24, 2.45) is 0 Å². The lowest BCUT2D eigenvalue weighted by Gasteiger charge is -2.13. The fraction of sp³-hybridized carbons (Fsp3) is 0.235. The summed E-state index contributed by atoms with van der Waals surface area (Å²) in [6, 6.07) is 5.94. The van der Waals surface area contributed by atoms with Crippen LogP contribution in [-0.2, 0) is 16.2 Å². The Labute approximate surface area is 168 Å². The summed E-state index contributed by atoms with van der Waals surface area (Å²) in [6.07, 6.45) is -3.17. The number of anilines is 1. The van der Waals surface area contributed by atoms with Gasteiger partial charge in [0.1, 0.15) is 4.90 Å². The number of hydrogen-bond acceptors (Lipinski definition) is 3. The van der Waals surface area contributed by atoms with Crippen LogP contribution < -0.4 is 10.0 Å². The molecule has 0 saturated heterocycles. The van der Waals surface area contributed by atoms with Gasteiger partial charge in [0, 0.05) is 11.7 Å². The molecule has 0 unspecified atom stereocenters. The van der Waals surface area contributed by atoms with Crippen LogP contribution in [0.1, 0.15) is 28.8 Å². The zero-order chi connectivity index (χ0) is 20.7. The van der Waals surface area contributed by atoms with E-state index in [1.807, 2.05) is 0 Å². The third kappa shape index (κ3) is 4.78. The van der Waals surface area contributed by atoms with Crippen molar-refractivity contribution in [1.29, 1.82) is 0 Å². The summed E-state index contributed by atoms with van der Waals surface area (Å²) in [4.78, 5) is 12.2. The van der Waals surface area contributed by atoms with Crippen molar-refractivity contribution in [3.63, 3.8) is 0 Å². The first-order valence-electron chi connectivity index (χ1n) is 7.97. The molecule has 150 valence electrons. The van der Waals surface area contributed by atoms with Crippen molar-refractivity contribution >= 4 is 44.8 Å². The number of nitrogens with one attached hydrogen (secondary N) is 2. The first-order valence-corrected chi connectivity index (χ1v) is 10.2. The Balaban J connectivity index is 1.91. The van der Waals surface area contributed by atoms with E-state index < -0.39 is 27.7 Å². The number of hydrogen-bond donors (Lipinski definition) is 2. The van der Waals surface area contributed by atoms with Crippen molar-refractivity contribution in [3.05, 3.63) is 57.6 Å². The minimum Gasteiger partial charge on any atom is -0.322 e. The molecule has 2 aromatic carbocycles. The van der Waals surface area contributed by atoms with Crippen molar-refractivity contribution in [2.45, 2.75) is 30.0 Å². The van der Waals surface area contributed by atoms with Crippen molar-refractivity contribution in [1.82, 2.24) is 4.72 Å². The number of alkyl halides is 3. The van der Waals surface area contributed by atoms with Crippen LogP contribution in [0.15, 0.2) is 41.3 Å². The molecule has 0 aromatic heterocycles. The maximum atomic E-state index is 12.8. The average molecular weight is 453 g/mol. The van der Waals surface area contributed by atoms with Gasteiger partial charge in [0.15, 0.2) is 0 Å². The molecule has 11 heteroatoms. The van der Waals surface area contributed by atoms with Crippen LogP contribution in [0, 0.1) is 0 Å². The van der Waals surface area contributed by atoms with Gasteiger partial charge in [-0.2, -0.15) is 13.2 Å². The van der Waals surface area contributed by atoms with Gasteiger partial charge in [-0.3, -0.25) is 4.79 Å². The van der Waals surface area contributed by atoms with E-state index in [9.17, 15) is 26.4 Å². The van der Waals surface area contributed by atoms with Gasteiger partial charge in [0.2, 0.25) is 10.0 Å². The Bertz CT molecular complexity index is 1040. The molecular weight excluding hydrogens is 440 g/mol. The molecule has 3 rings (SSSR count). The number of sulfonamides is 1. The van der Waals surface area contributed by atoms with Gasteiger partial charge in [-0.25, -0.2) is 13.1 Å². The van der Waals surface area contributed by atoms with Crippen LogP contribution in [0.3, 0.4) is 0 Å². The molecular formula is C17H13Cl2F3N2O3S. The van der Waals surface area contributed by atoms with Crippen LogP contribution in [0.5, 0.6) is 0 Å². The summed E-state index contributed by atoms with van der Waals surface area (Å²) >= 11 is 12.0. The van der Waals surface area contributed by atoms with Crippen molar-refractivity contribution < 1.29 is 26.4 Å². The van der Waals surface area contributed by atoms with Crippen LogP contribution in [0.4, 0.5) is 18.9 Å². The van der Waals surface area contributed by atoms with Crippen LogP contribution >= 0.6 is 23.2 Å². The lowest BCUT2D eigenvalue weighted by atomic mass is 10.1. The van der Waals surface area contributed by atoms with E-state index in [0.29, 0.717) is 12.8 Å².